The van der Waals surface area contributed by atoms with Gasteiger partial charge >= 0.3 is 0 Å². The zero-order chi connectivity index (χ0) is 8.10. The Hall–Kier alpha value is -1.74. The summed E-state index contributed by atoms with van der Waals surface area (Å²) in [6.45, 7) is 0. The van der Waals surface area contributed by atoms with E-state index < -0.39 is 0 Å². The molecule has 56 valence electrons. The van der Waals surface area contributed by atoms with E-state index in [1.165, 1.54) is 6.20 Å². The molecule has 0 aromatic carbocycles. The molecule has 0 unspecified atom stereocenters. The molecule has 0 bridgehead atoms. The minimum atomic E-state index is 0.341. The molecule has 0 saturated heterocycles. The van der Waals surface area contributed by atoms with E-state index in [1.54, 1.807) is 19.2 Å². The molecule has 0 fully saturated rings. The second-order valence-corrected chi connectivity index (χ2v) is 1.75. The first-order valence-electron chi connectivity index (χ1n) is 2.92. The Morgan fingerprint density at radius 2 is 2.45 bits per heavy atom. The summed E-state index contributed by atoms with van der Waals surface area (Å²) in [6.07, 6.45) is 1.49. The summed E-state index contributed by atoms with van der Waals surface area (Å²) in [5.74, 6) is 0.982. The molecule has 0 amide bonds. The maximum absolute atomic E-state index is 8.03. The van der Waals surface area contributed by atoms with E-state index in [4.69, 9.17) is 10.3 Å². The van der Waals surface area contributed by atoms with Gasteiger partial charge in [0.15, 0.2) is 0 Å². The number of ether oxygens (including phenoxy) is 1. The Bertz CT molecular complexity index is 275. The van der Waals surface area contributed by atoms with Gasteiger partial charge in [0.05, 0.1) is 13.3 Å². The summed E-state index contributed by atoms with van der Waals surface area (Å²) in [6, 6.07) is 3.26. The molecule has 0 saturated carbocycles. The highest BCUT2D eigenvalue weighted by atomic mass is 16.5. The normalized spacial score (nSPS) is 8.45. The van der Waals surface area contributed by atoms with Crippen LogP contribution in [0.15, 0.2) is 23.4 Å². The molecule has 0 spiro atoms. The summed E-state index contributed by atoms with van der Waals surface area (Å²) in [5, 5.41) is 3.30. The number of hydrogen-bond acceptors (Lipinski definition) is 3. The summed E-state index contributed by atoms with van der Waals surface area (Å²) in [4.78, 5) is 6.38. The predicted molar refractivity (Wildman–Crippen MR) is 39.6 cm³/mol. The zero-order valence-electron chi connectivity index (χ0n) is 5.93. The zero-order valence-corrected chi connectivity index (χ0v) is 5.93. The van der Waals surface area contributed by atoms with Crippen molar-refractivity contribution in [3.63, 3.8) is 0 Å². The Kier molecular flexibility index (Phi) is 2.30. The van der Waals surface area contributed by atoms with Crippen molar-refractivity contribution in [1.82, 2.24) is 4.98 Å². The van der Waals surface area contributed by atoms with E-state index in [-0.39, 0.29) is 0 Å². The van der Waals surface area contributed by atoms with E-state index in [2.05, 4.69) is 15.0 Å². The number of azide groups is 1. The molecule has 1 aromatic rings. The molecular formula is C6H6N4O. The summed E-state index contributed by atoms with van der Waals surface area (Å²) >= 11 is 0. The van der Waals surface area contributed by atoms with Gasteiger partial charge in [0.25, 0.3) is 0 Å². The summed E-state index contributed by atoms with van der Waals surface area (Å²) in [5.41, 5.74) is 8.03. The maximum Gasteiger partial charge on any atom is 0.137 e. The SMILES string of the molecule is COc1ccc(N=[N+]=[N-])nc1. The first kappa shape index (κ1) is 7.37. The third-order valence-corrected chi connectivity index (χ3v) is 1.10. The lowest BCUT2D eigenvalue weighted by atomic mass is 10.4. The average molecular weight is 150 g/mol. The van der Waals surface area contributed by atoms with Gasteiger partial charge < -0.3 is 4.74 Å². The molecule has 0 N–H and O–H groups in total. The third-order valence-electron chi connectivity index (χ3n) is 1.10. The van der Waals surface area contributed by atoms with Gasteiger partial charge in [0.1, 0.15) is 11.6 Å². The van der Waals surface area contributed by atoms with E-state index in [0.29, 0.717) is 11.6 Å². The standard InChI is InChI=1S/C6H6N4O/c1-11-5-2-3-6(8-4-5)9-10-7/h2-4H,1H3. The molecule has 1 heterocycles. The van der Waals surface area contributed by atoms with Gasteiger partial charge in [-0.3, -0.25) is 4.98 Å². The van der Waals surface area contributed by atoms with Crippen LogP contribution >= 0.6 is 0 Å². The number of rotatable bonds is 2. The van der Waals surface area contributed by atoms with Crippen LogP contribution in [-0.2, 0) is 0 Å². The molecule has 1 rings (SSSR count). The number of nitrogens with zero attached hydrogens (tertiary/aromatic N) is 4. The molecule has 0 aliphatic rings. The van der Waals surface area contributed by atoms with Crippen molar-refractivity contribution in [1.29, 1.82) is 0 Å². The van der Waals surface area contributed by atoms with Crippen LogP contribution in [0, 0.1) is 0 Å². The van der Waals surface area contributed by atoms with Crippen LogP contribution in [0.4, 0.5) is 5.82 Å². The smallest absolute Gasteiger partial charge is 0.137 e. The van der Waals surface area contributed by atoms with Crippen molar-refractivity contribution in [3.8, 4) is 5.75 Å². The molecule has 0 atom stereocenters. The largest absolute Gasteiger partial charge is 0.495 e. The van der Waals surface area contributed by atoms with Crippen LogP contribution in [0.2, 0.25) is 0 Å². The maximum atomic E-state index is 8.03. The first-order chi connectivity index (χ1) is 5.36. The van der Waals surface area contributed by atoms with Crippen LogP contribution in [0.1, 0.15) is 0 Å². The minimum Gasteiger partial charge on any atom is -0.495 e. The fourth-order valence-electron chi connectivity index (χ4n) is 0.598. The van der Waals surface area contributed by atoms with Gasteiger partial charge in [-0.1, -0.05) is 0 Å². The van der Waals surface area contributed by atoms with Crippen LogP contribution in [-0.4, -0.2) is 12.1 Å². The average Bonchev–Trinajstić information content (AvgIpc) is 2.07. The quantitative estimate of drug-likeness (QED) is 0.367. The highest BCUT2D eigenvalue weighted by Crippen LogP contribution is 2.13. The highest BCUT2D eigenvalue weighted by Gasteiger charge is 1.90. The number of aromatic nitrogens is 1. The van der Waals surface area contributed by atoms with E-state index in [0.717, 1.165) is 0 Å². The lowest BCUT2D eigenvalue weighted by Gasteiger charge is -1.96. The van der Waals surface area contributed by atoms with Crippen molar-refractivity contribution in [2.75, 3.05) is 7.11 Å². The molecule has 1 aromatic heterocycles. The van der Waals surface area contributed by atoms with Gasteiger partial charge in [-0.15, -0.1) is 0 Å². The van der Waals surface area contributed by atoms with Crippen molar-refractivity contribution < 1.29 is 4.74 Å². The monoisotopic (exact) mass is 150 g/mol. The lowest BCUT2D eigenvalue weighted by Crippen LogP contribution is -1.82. The van der Waals surface area contributed by atoms with Crippen LogP contribution in [0.3, 0.4) is 0 Å². The van der Waals surface area contributed by atoms with Crippen molar-refractivity contribution in [3.05, 3.63) is 28.8 Å². The Balaban J connectivity index is 2.91. The molecule has 11 heavy (non-hydrogen) atoms. The topological polar surface area (TPSA) is 70.9 Å². The van der Waals surface area contributed by atoms with Crippen molar-refractivity contribution in [2.24, 2.45) is 5.11 Å². The van der Waals surface area contributed by atoms with Crippen LogP contribution in [0.5, 0.6) is 5.75 Å². The van der Waals surface area contributed by atoms with Crippen molar-refractivity contribution in [2.45, 2.75) is 0 Å². The van der Waals surface area contributed by atoms with E-state index in [1.807, 2.05) is 0 Å². The highest BCUT2D eigenvalue weighted by molar-refractivity contribution is 5.31. The van der Waals surface area contributed by atoms with Crippen LogP contribution in [0.25, 0.3) is 10.4 Å². The fourth-order valence-corrected chi connectivity index (χ4v) is 0.598. The molecule has 0 radical (unpaired) electrons. The Morgan fingerprint density at radius 1 is 1.64 bits per heavy atom. The van der Waals surface area contributed by atoms with Gasteiger partial charge in [-0.2, -0.15) is 0 Å². The van der Waals surface area contributed by atoms with Gasteiger partial charge in [-0.25, -0.2) is 0 Å². The molecule has 0 aliphatic carbocycles. The van der Waals surface area contributed by atoms with Gasteiger partial charge in [-0.05, 0) is 22.8 Å². The van der Waals surface area contributed by atoms with Gasteiger partial charge in [0, 0.05) is 4.91 Å². The molecular weight excluding hydrogens is 144 g/mol. The molecule has 5 heteroatoms. The Morgan fingerprint density at radius 3 is 2.91 bits per heavy atom. The Labute approximate surface area is 63.3 Å². The minimum absolute atomic E-state index is 0.341. The second kappa shape index (κ2) is 3.43. The predicted octanol–water partition coefficient (Wildman–Crippen LogP) is 2.03. The van der Waals surface area contributed by atoms with Crippen LogP contribution < -0.4 is 4.74 Å². The molecule has 0 aliphatic heterocycles. The molecule has 5 nitrogen and oxygen atoms in total. The summed E-state index contributed by atoms with van der Waals surface area (Å²) < 4.78 is 4.85. The number of methoxy groups -OCH3 is 1. The first-order valence-corrected chi connectivity index (χ1v) is 2.92. The van der Waals surface area contributed by atoms with Gasteiger partial charge in [0.2, 0.25) is 0 Å². The van der Waals surface area contributed by atoms with Crippen molar-refractivity contribution >= 4 is 5.82 Å². The fraction of sp³-hybridized carbons (Fsp3) is 0.167. The summed E-state index contributed by atoms with van der Waals surface area (Å²) in [7, 11) is 1.55. The van der Waals surface area contributed by atoms with E-state index in [9.17, 15) is 0 Å². The third kappa shape index (κ3) is 1.84. The lowest BCUT2D eigenvalue weighted by molar-refractivity contribution is 0.413. The number of hydrogen-bond donors (Lipinski definition) is 0. The van der Waals surface area contributed by atoms with E-state index >= 15 is 0 Å². The second-order valence-electron chi connectivity index (χ2n) is 1.75. The number of pyridine rings is 1.